The Balaban J connectivity index is 2.04. The molecule has 1 saturated heterocycles. The summed E-state index contributed by atoms with van der Waals surface area (Å²) in [4.78, 5) is 12.5. The van der Waals surface area contributed by atoms with E-state index in [2.05, 4.69) is 11.8 Å². The third-order valence-electron chi connectivity index (χ3n) is 3.09. The molecule has 2 heteroatoms. The van der Waals surface area contributed by atoms with Gasteiger partial charge in [-0.1, -0.05) is 19.8 Å². The molecule has 1 rings (SSSR count). The quantitative estimate of drug-likeness (QED) is 0.583. The molecule has 1 aliphatic heterocycles. The monoisotopic (exact) mass is 196 g/mol. The Morgan fingerprint density at radius 2 is 2.29 bits per heavy atom. The number of nitrogens with zero attached hydrogens (tertiary/aromatic N) is 1. The molecule has 0 aromatic rings. The van der Waals surface area contributed by atoms with E-state index in [1.807, 2.05) is 6.29 Å². The fourth-order valence-corrected chi connectivity index (χ4v) is 2.22. The molecule has 2 nitrogen and oxygen atoms in total. The van der Waals surface area contributed by atoms with Gasteiger partial charge in [-0.15, -0.1) is 0 Å². The van der Waals surface area contributed by atoms with Crippen molar-refractivity contribution in [1.82, 2.24) is 4.90 Å². The molecule has 1 heterocycles. The first kappa shape index (κ1) is 11.7. The van der Waals surface area contributed by atoms with Crippen molar-refractivity contribution < 1.29 is 4.79 Å². The van der Waals surface area contributed by atoms with Gasteiger partial charge < -0.3 is 4.90 Å². The van der Waals surface area contributed by atoms with E-state index in [1.54, 1.807) is 0 Å². The number of rotatable bonds is 7. The minimum absolute atomic E-state index is 0.607. The maximum Gasteiger partial charge on any atom is 0.198 e. The van der Waals surface area contributed by atoms with Crippen molar-refractivity contribution in [3.63, 3.8) is 0 Å². The van der Waals surface area contributed by atoms with Crippen molar-refractivity contribution in [2.24, 2.45) is 5.92 Å². The zero-order valence-electron chi connectivity index (χ0n) is 9.30. The first-order valence-corrected chi connectivity index (χ1v) is 5.94. The van der Waals surface area contributed by atoms with Gasteiger partial charge in [0.05, 0.1) is 0 Å². The van der Waals surface area contributed by atoms with E-state index in [9.17, 15) is 4.79 Å². The lowest BCUT2D eigenvalue weighted by Crippen LogP contribution is -2.21. The van der Waals surface area contributed by atoms with Crippen molar-refractivity contribution in [1.29, 1.82) is 0 Å². The van der Waals surface area contributed by atoms with E-state index < -0.39 is 0 Å². The smallest absolute Gasteiger partial charge is 0.198 e. The van der Waals surface area contributed by atoms with Crippen LogP contribution in [0.15, 0.2) is 0 Å². The minimum Gasteiger partial charge on any atom is -0.303 e. The summed E-state index contributed by atoms with van der Waals surface area (Å²) in [6, 6.07) is 0. The van der Waals surface area contributed by atoms with Gasteiger partial charge in [0.25, 0.3) is 0 Å². The first-order chi connectivity index (χ1) is 6.86. The molecule has 0 bridgehead atoms. The van der Waals surface area contributed by atoms with Crippen molar-refractivity contribution >= 4 is 6.29 Å². The topological polar surface area (TPSA) is 20.3 Å². The molecule has 0 aromatic heterocycles. The Morgan fingerprint density at radius 1 is 1.43 bits per heavy atom. The van der Waals surface area contributed by atoms with Gasteiger partial charge in [0.15, 0.2) is 6.29 Å². The fourth-order valence-electron chi connectivity index (χ4n) is 2.22. The summed E-state index contributed by atoms with van der Waals surface area (Å²) < 4.78 is 0. The summed E-state index contributed by atoms with van der Waals surface area (Å²) in [6.07, 6.45) is 9.01. The molecule has 0 aliphatic carbocycles. The molecule has 1 unspecified atom stereocenters. The van der Waals surface area contributed by atoms with Gasteiger partial charge in [0, 0.05) is 13.0 Å². The van der Waals surface area contributed by atoms with Crippen LogP contribution in [0.1, 0.15) is 45.4 Å². The second-order valence-corrected chi connectivity index (χ2v) is 4.35. The largest absolute Gasteiger partial charge is 0.303 e. The number of carbonyl (C=O) groups excluding carboxylic acids is 1. The maximum atomic E-state index is 10.0. The molecule has 1 fully saturated rings. The molecular weight excluding hydrogens is 174 g/mol. The van der Waals surface area contributed by atoms with Gasteiger partial charge in [-0.25, -0.2) is 0 Å². The number of likely N-dealkylation sites (tertiary alicyclic amines) is 1. The molecule has 14 heavy (non-hydrogen) atoms. The highest BCUT2D eigenvalue weighted by atomic mass is 16.1. The lowest BCUT2D eigenvalue weighted by atomic mass is 10.0. The summed E-state index contributed by atoms with van der Waals surface area (Å²) in [5.74, 6) is 0.926. The van der Waals surface area contributed by atoms with Crippen LogP contribution in [0.4, 0.5) is 0 Å². The average Bonchev–Trinajstić information content (AvgIpc) is 2.63. The van der Waals surface area contributed by atoms with Gasteiger partial charge in [-0.05, 0) is 38.3 Å². The highest BCUT2D eigenvalue weighted by molar-refractivity contribution is 5.50. The molecule has 81 valence electrons. The van der Waals surface area contributed by atoms with Crippen LogP contribution in [0.2, 0.25) is 0 Å². The molecular formula is C12H22NO. The zero-order chi connectivity index (χ0) is 10.2. The van der Waals surface area contributed by atoms with E-state index in [0.29, 0.717) is 6.42 Å². The molecule has 0 N–H and O–H groups in total. The van der Waals surface area contributed by atoms with E-state index in [0.717, 1.165) is 18.9 Å². The fraction of sp³-hybridized carbons (Fsp3) is 0.917. The highest BCUT2D eigenvalue weighted by Gasteiger charge is 2.20. The Bertz CT molecular complexity index is 158. The Labute approximate surface area is 87.7 Å². The lowest BCUT2D eigenvalue weighted by Gasteiger charge is -2.14. The first-order valence-electron chi connectivity index (χ1n) is 5.94. The summed E-state index contributed by atoms with van der Waals surface area (Å²) in [5, 5.41) is 0. The van der Waals surface area contributed by atoms with Crippen LogP contribution < -0.4 is 0 Å². The van der Waals surface area contributed by atoms with E-state index in [1.165, 1.54) is 38.8 Å². The number of hydrogen-bond acceptors (Lipinski definition) is 2. The van der Waals surface area contributed by atoms with Gasteiger partial charge in [-0.2, -0.15) is 0 Å². The Morgan fingerprint density at radius 3 is 3.00 bits per heavy atom. The third-order valence-corrected chi connectivity index (χ3v) is 3.09. The van der Waals surface area contributed by atoms with Gasteiger partial charge in [0.1, 0.15) is 0 Å². The zero-order valence-corrected chi connectivity index (χ0v) is 9.30. The van der Waals surface area contributed by atoms with Gasteiger partial charge in [-0.3, -0.25) is 4.79 Å². The second kappa shape index (κ2) is 6.99. The van der Waals surface area contributed by atoms with E-state index >= 15 is 0 Å². The maximum absolute atomic E-state index is 10.0. The predicted molar refractivity (Wildman–Crippen MR) is 59.0 cm³/mol. The molecule has 1 radical (unpaired) electrons. The summed E-state index contributed by atoms with van der Waals surface area (Å²) >= 11 is 0. The molecule has 0 spiro atoms. The molecule has 0 amide bonds. The summed E-state index contributed by atoms with van der Waals surface area (Å²) in [6.45, 7) is 5.86. The lowest BCUT2D eigenvalue weighted by molar-refractivity contribution is 0.316. The van der Waals surface area contributed by atoms with Crippen LogP contribution >= 0.6 is 0 Å². The Hall–Kier alpha value is -0.370. The third kappa shape index (κ3) is 4.23. The van der Waals surface area contributed by atoms with Crippen LogP contribution in [-0.2, 0) is 4.79 Å². The highest BCUT2D eigenvalue weighted by Crippen LogP contribution is 2.21. The predicted octanol–water partition coefficient (Wildman–Crippen LogP) is 2.39. The van der Waals surface area contributed by atoms with Gasteiger partial charge in [0.2, 0.25) is 0 Å². The van der Waals surface area contributed by atoms with Crippen LogP contribution in [0, 0.1) is 5.92 Å². The molecule has 0 aromatic carbocycles. The van der Waals surface area contributed by atoms with Crippen molar-refractivity contribution in [3.05, 3.63) is 0 Å². The molecule has 1 atom stereocenters. The van der Waals surface area contributed by atoms with Crippen molar-refractivity contribution in [2.45, 2.75) is 45.4 Å². The van der Waals surface area contributed by atoms with Crippen LogP contribution in [-0.4, -0.2) is 30.8 Å². The minimum atomic E-state index is 0.607. The van der Waals surface area contributed by atoms with E-state index in [-0.39, 0.29) is 0 Å². The van der Waals surface area contributed by atoms with Crippen LogP contribution in [0.25, 0.3) is 0 Å². The average molecular weight is 196 g/mol. The number of unbranched alkanes of at least 4 members (excludes halogenated alkanes) is 2. The van der Waals surface area contributed by atoms with Crippen LogP contribution in [0.5, 0.6) is 0 Å². The van der Waals surface area contributed by atoms with Crippen LogP contribution in [0.3, 0.4) is 0 Å². The summed E-state index contributed by atoms with van der Waals surface area (Å²) in [7, 11) is 0. The van der Waals surface area contributed by atoms with Gasteiger partial charge >= 0.3 is 0 Å². The van der Waals surface area contributed by atoms with E-state index in [4.69, 9.17) is 0 Å². The van der Waals surface area contributed by atoms with Crippen molar-refractivity contribution in [2.75, 3.05) is 19.6 Å². The standard InChI is InChI=1S/C12H22NO/c1-2-3-6-12-7-9-13(11-12)8-4-5-10-14/h12H,2-9,11H2,1H3. The normalized spacial score (nSPS) is 22.8. The summed E-state index contributed by atoms with van der Waals surface area (Å²) in [5.41, 5.74) is 0. The number of hydrogen-bond donors (Lipinski definition) is 0. The second-order valence-electron chi connectivity index (χ2n) is 4.35. The SMILES string of the molecule is CCCCC1CCN(CCC[C]=O)C1. The molecule has 0 saturated carbocycles. The molecule has 1 aliphatic rings. The Kier molecular flexibility index (Phi) is 5.85. The van der Waals surface area contributed by atoms with Crippen molar-refractivity contribution in [3.8, 4) is 0 Å².